The largest absolute Gasteiger partial charge is 0.337 e. The van der Waals surface area contributed by atoms with Crippen LogP contribution in [0.4, 0.5) is 0 Å². The van der Waals surface area contributed by atoms with E-state index in [-0.39, 0.29) is 10.6 Å². The van der Waals surface area contributed by atoms with Crippen molar-refractivity contribution in [3.05, 3.63) is 35.4 Å². The first-order valence-corrected chi connectivity index (χ1v) is 9.81. The molecule has 2 fully saturated rings. The van der Waals surface area contributed by atoms with Gasteiger partial charge in [-0.15, -0.1) is 11.8 Å². The van der Waals surface area contributed by atoms with Gasteiger partial charge in [-0.1, -0.05) is 36.8 Å². The minimum atomic E-state index is 0.131. The first-order valence-electron chi connectivity index (χ1n) is 8.86. The van der Waals surface area contributed by atoms with Gasteiger partial charge in [0.15, 0.2) is 0 Å². The highest BCUT2D eigenvalue weighted by Gasteiger charge is 2.40. The van der Waals surface area contributed by atoms with Crippen LogP contribution in [0.5, 0.6) is 0 Å². The van der Waals surface area contributed by atoms with Crippen LogP contribution in [-0.4, -0.2) is 55.3 Å². The predicted molar refractivity (Wildman–Crippen MR) is 94.5 cm³/mol. The number of amides is 1. The Balaban J connectivity index is 1.70. The molecule has 3 rings (SSSR count). The van der Waals surface area contributed by atoms with Crippen molar-refractivity contribution < 1.29 is 15.0 Å². The zero-order valence-corrected chi connectivity index (χ0v) is 15.1. The molecule has 0 aromatic heterocycles. The number of hydrogen-bond donors (Lipinski definition) is 2. The van der Waals surface area contributed by atoms with E-state index in [0.717, 1.165) is 19.5 Å². The van der Waals surface area contributed by atoms with Gasteiger partial charge in [0.2, 0.25) is 5.91 Å². The molecule has 3 N–H and O–H groups in total. The molecule has 1 amide bonds. The number of nitrogens with zero attached hydrogens (tertiary/aromatic N) is 1. The number of nitrogens with one attached hydrogen (secondary N) is 1. The van der Waals surface area contributed by atoms with Crippen LogP contribution in [0.25, 0.3) is 0 Å². The Kier molecular flexibility index (Phi) is 5.62. The second kappa shape index (κ2) is 7.69. The maximum atomic E-state index is 12.7. The van der Waals surface area contributed by atoms with Crippen LogP contribution < -0.4 is 10.2 Å². The fourth-order valence-electron chi connectivity index (χ4n) is 3.49. The van der Waals surface area contributed by atoms with E-state index in [4.69, 9.17) is 0 Å². The van der Waals surface area contributed by atoms with Crippen LogP contribution in [0.2, 0.25) is 0 Å². The molecule has 1 aromatic carbocycles. The number of nitrogens with two attached hydrogens (primary N) is 1. The molecule has 2 saturated heterocycles. The Morgan fingerprint density at radius 1 is 1.26 bits per heavy atom. The molecule has 0 radical (unpaired) electrons. The van der Waals surface area contributed by atoms with E-state index < -0.39 is 0 Å². The molecule has 4 nitrogen and oxygen atoms in total. The van der Waals surface area contributed by atoms with E-state index in [1.165, 1.54) is 37.3 Å². The molecule has 2 aliphatic heterocycles. The van der Waals surface area contributed by atoms with Gasteiger partial charge in [-0.05, 0) is 18.9 Å². The summed E-state index contributed by atoms with van der Waals surface area (Å²) in [5, 5.41) is 2.72. The molecular weight excluding hydrogens is 306 g/mol. The van der Waals surface area contributed by atoms with Gasteiger partial charge in [-0.25, -0.2) is 0 Å². The molecule has 126 valence electrons. The lowest BCUT2D eigenvalue weighted by Crippen LogP contribution is -3.20. The fraction of sp³-hybridized carbons (Fsp3) is 0.611. The van der Waals surface area contributed by atoms with Gasteiger partial charge in [0.25, 0.3) is 0 Å². The molecule has 2 aliphatic rings. The normalized spacial score (nSPS) is 26.0. The maximum Gasteiger partial charge on any atom is 0.237 e. The topological polar surface area (TPSA) is 41.4 Å². The van der Waals surface area contributed by atoms with Gasteiger partial charge in [0.05, 0.1) is 18.3 Å². The Hall–Kier alpha value is -1.04. The van der Waals surface area contributed by atoms with Crippen molar-refractivity contribution in [2.45, 2.75) is 30.9 Å². The Bertz CT molecular complexity index is 528. The van der Waals surface area contributed by atoms with Crippen LogP contribution >= 0.6 is 11.8 Å². The minimum Gasteiger partial charge on any atom is -0.337 e. The summed E-state index contributed by atoms with van der Waals surface area (Å²) in [5.74, 6) is 0.339. The van der Waals surface area contributed by atoms with E-state index >= 15 is 0 Å². The van der Waals surface area contributed by atoms with Gasteiger partial charge < -0.3 is 15.1 Å². The van der Waals surface area contributed by atoms with Crippen molar-refractivity contribution in [2.75, 3.05) is 39.3 Å². The molecule has 5 heteroatoms. The summed E-state index contributed by atoms with van der Waals surface area (Å²) < 4.78 is 0. The van der Waals surface area contributed by atoms with E-state index in [2.05, 4.69) is 48.3 Å². The van der Waals surface area contributed by atoms with E-state index in [0.29, 0.717) is 5.91 Å². The Morgan fingerprint density at radius 3 is 2.61 bits per heavy atom. The quantitative estimate of drug-likeness (QED) is 0.783. The third-order valence-electron chi connectivity index (χ3n) is 4.98. The third kappa shape index (κ3) is 3.90. The second-order valence-corrected chi connectivity index (χ2v) is 7.98. The predicted octanol–water partition coefficient (Wildman–Crippen LogP) is -0.190. The van der Waals surface area contributed by atoms with Crippen molar-refractivity contribution in [3.63, 3.8) is 0 Å². The number of benzene rings is 1. The number of rotatable bonds is 5. The number of carbonyl (C=O) groups is 1. The lowest BCUT2D eigenvalue weighted by Gasteiger charge is -2.28. The smallest absolute Gasteiger partial charge is 0.237 e. The standard InChI is InChI=1S/C18H27N3OS/c1-3-16-17(22)21(13-12-20-10-8-19-9-11-20)18(23-16)15-6-4-14(2)5-7-15/h4-7,16,18-19H,3,8-13H2,1-2H3/p+2/t16-,18-/m1/s1. The van der Waals surface area contributed by atoms with E-state index in [1.807, 2.05) is 11.8 Å². The Morgan fingerprint density at radius 2 is 1.96 bits per heavy atom. The maximum absolute atomic E-state index is 12.7. The monoisotopic (exact) mass is 335 g/mol. The number of hydrogen-bond acceptors (Lipinski definition) is 2. The Labute approximate surface area is 143 Å². The molecule has 0 spiro atoms. The highest BCUT2D eigenvalue weighted by atomic mass is 32.2. The molecule has 23 heavy (non-hydrogen) atoms. The van der Waals surface area contributed by atoms with Crippen molar-refractivity contribution >= 4 is 17.7 Å². The van der Waals surface area contributed by atoms with Crippen LogP contribution in [-0.2, 0) is 4.79 Å². The van der Waals surface area contributed by atoms with Crippen LogP contribution in [0, 0.1) is 6.92 Å². The lowest BCUT2D eigenvalue weighted by molar-refractivity contribution is -0.946. The van der Waals surface area contributed by atoms with Crippen molar-refractivity contribution in [2.24, 2.45) is 0 Å². The first kappa shape index (κ1) is 16.8. The van der Waals surface area contributed by atoms with E-state index in [9.17, 15) is 4.79 Å². The summed E-state index contributed by atoms with van der Waals surface area (Å²) in [5.41, 5.74) is 2.54. The molecule has 2 heterocycles. The second-order valence-electron chi connectivity index (χ2n) is 6.69. The SMILES string of the molecule is CC[C@H]1S[C@H](c2ccc(C)cc2)N(CC[NH+]2CC[NH2+]CC2)C1=O. The molecule has 0 saturated carbocycles. The van der Waals surface area contributed by atoms with Crippen molar-refractivity contribution in [1.29, 1.82) is 0 Å². The summed E-state index contributed by atoms with van der Waals surface area (Å²) >= 11 is 1.83. The summed E-state index contributed by atoms with van der Waals surface area (Å²) in [6.07, 6.45) is 0.924. The molecule has 2 atom stereocenters. The number of aryl methyl sites for hydroxylation is 1. The van der Waals surface area contributed by atoms with Crippen LogP contribution in [0.3, 0.4) is 0 Å². The van der Waals surface area contributed by atoms with Crippen LogP contribution in [0.15, 0.2) is 24.3 Å². The first-order chi connectivity index (χ1) is 11.2. The number of carbonyl (C=O) groups excluding carboxylic acids is 1. The van der Waals surface area contributed by atoms with Crippen LogP contribution in [0.1, 0.15) is 29.8 Å². The average Bonchev–Trinajstić information content (AvgIpc) is 2.90. The molecule has 0 bridgehead atoms. The van der Waals surface area contributed by atoms with Gasteiger partial charge in [-0.3, -0.25) is 4.79 Å². The summed E-state index contributed by atoms with van der Waals surface area (Å²) in [4.78, 5) is 16.5. The molecule has 1 aromatic rings. The number of thioether (sulfide) groups is 1. The van der Waals surface area contributed by atoms with Gasteiger partial charge in [0.1, 0.15) is 31.6 Å². The van der Waals surface area contributed by atoms with Crippen molar-refractivity contribution in [3.8, 4) is 0 Å². The van der Waals surface area contributed by atoms with Gasteiger partial charge in [0, 0.05) is 0 Å². The minimum absolute atomic E-state index is 0.131. The summed E-state index contributed by atoms with van der Waals surface area (Å²) in [6, 6.07) is 8.69. The highest BCUT2D eigenvalue weighted by molar-refractivity contribution is 8.01. The lowest BCUT2D eigenvalue weighted by atomic mass is 10.1. The average molecular weight is 336 g/mol. The summed E-state index contributed by atoms with van der Waals surface area (Å²) in [7, 11) is 0. The van der Waals surface area contributed by atoms with Gasteiger partial charge in [-0.2, -0.15) is 0 Å². The highest BCUT2D eigenvalue weighted by Crippen LogP contribution is 2.43. The summed E-state index contributed by atoms with van der Waals surface area (Å²) in [6.45, 7) is 11.1. The molecule has 0 aliphatic carbocycles. The van der Waals surface area contributed by atoms with Gasteiger partial charge >= 0.3 is 0 Å². The molecular formula is C18H29N3OS+2. The van der Waals surface area contributed by atoms with E-state index in [1.54, 1.807) is 4.90 Å². The number of piperazine rings is 1. The fourth-order valence-corrected chi connectivity index (χ4v) is 4.91. The zero-order valence-electron chi connectivity index (χ0n) is 14.3. The third-order valence-corrected chi connectivity index (χ3v) is 6.63. The van der Waals surface area contributed by atoms with Crippen molar-refractivity contribution in [1.82, 2.24) is 4.90 Å². The zero-order chi connectivity index (χ0) is 16.2. The number of quaternary nitrogens is 2. The molecule has 0 unspecified atom stereocenters.